The molecular formula is C43H46N8O5. The Morgan fingerprint density at radius 2 is 1.45 bits per heavy atom. The van der Waals surface area contributed by atoms with E-state index in [0.29, 0.717) is 25.8 Å². The fourth-order valence-corrected chi connectivity index (χ4v) is 8.44. The van der Waals surface area contributed by atoms with Crippen LogP contribution in [0.4, 0.5) is 0 Å². The molecule has 8 rings (SSSR count). The number of nitrogens with one attached hydrogen (secondary N) is 5. The maximum atomic E-state index is 14.5. The van der Waals surface area contributed by atoms with E-state index in [2.05, 4.69) is 25.9 Å². The molecule has 13 heteroatoms. The summed E-state index contributed by atoms with van der Waals surface area (Å²) < 4.78 is 1.65. The highest BCUT2D eigenvalue weighted by atomic mass is 16.2. The van der Waals surface area contributed by atoms with Crippen LogP contribution >= 0.6 is 0 Å². The molecule has 5 heterocycles. The first-order valence-electron chi connectivity index (χ1n) is 19.4. The van der Waals surface area contributed by atoms with Gasteiger partial charge in [-0.1, -0.05) is 54.6 Å². The van der Waals surface area contributed by atoms with Gasteiger partial charge in [-0.2, -0.15) is 0 Å². The maximum Gasteiger partial charge on any atom is 0.248 e. The summed E-state index contributed by atoms with van der Waals surface area (Å²) in [5.74, 6) is -1.39. The van der Waals surface area contributed by atoms with Gasteiger partial charge in [0.15, 0.2) is 0 Å². The van der Waals surface area contributed by atoms with E-state index in [1.165, 1.54) is 4.90 Å². The molecule has 0 bridgehead atoms. The summed E-state index contributed by atoms with van der Waals surface area (Å²) in [6, 6.07) is 19.1. The molecule has 0 radical (unpaired) electrons. The average molecular weight is 755 g/mol. The smallest absolute Gasteiger partial charge is 0.248 e. The number of aromatic amines is 2. The van der Waals surface area contributed by atoms with E-state index >= 15 is 0 Å². The maximum absolute atomic E-state index is 14.5. The standard InChI is InChI=1S/C43H46N8O5/c44-33(20-28-24-51(38-15-6-3-11-32(28)38)42(55)36-14-7-17-45-36)40(53)49-37(21-27-23-47-35-13-5-2-10-31(27)35)43(56)50-18-8-16-39(50)41(54)48-29(25-52)19-26-22-46-34-12-4-1-9-30(26)34/h1-6,9-13,15,22-25,29,33,36-37,39,45-47H,7-8,14,16-21,44H2,(H,48,54)(H,49,53)/t29-,33-,36-,37-,39-/m0/s1. The first-order chi connectivity index (χ1) is 27.3. The van der Waals surface area contributed by atoms with Crippen molar-refractivity contribution in [1.29, 1.82) is 0 Å². The second-order valence-corrected chi connectivity index (χ2v) is 15.0. The summed E-state index contributed by atoms with van der Waals surface area (Å²) in [5.41, 5.74) is 11.7. The van der Waals surface area contributed by atoms with Crippen LogP contribution in [-0.2, 0) is 38.4 Å². The van der Waals surface area contributed by atoms with Gasteiger partial charge in [-0.25, -0.2) is 0 Å². The molecule has 0 aliphatic carbocycles. The lowest BCUT2D eigenvalue weighted by Crippen LogP contribution is -2.57. The van der Waals surface area contributed by atoms with Gasteiger partial charge in [-0.05, 0) is 73.5 Å². The van der Waals surface area contributed by atoms with Crippen LogP contribution in [0.5, 0.6) is 0 Å². The number of nitrogens with zero attached hydrogens (tertiary/aromatic N) is 2. The molecule has 56 heavy (non-hydrogen) atoms. The summed E-state index contributed by atoms with van der Waals surface area (Å²) in [6.45, 7) is 1.11. The van der Waals surface area contributed by atoms with Crippen LogP contribution in [0.1, 0.15) is 47.2 Å². The van der Waals surface area contributed by atoms with Gasteiger partial charge in [0.05, 0.1) is 23.6 Å². The van der Waals surface area contributed by atoms with Crippen LogP contribution in [0.15, 0.2) is 91.4 Å². The molecule has 5 atom stereocenters. The van der Waals surface area contributed by atoms with Gasteiger partial charge in [0.25, 0.3) is 0 Å². The van der Waals surface area contributed by atoms with Gasteiger partial charge in [-0.3, -0.25) is 23.7 Å². The molecule has 3 amide bonds. The number of carbonyl (C=O) groups is 5. The van der Waals surface area contributed by atoms with Crippen molar-refractivity contribution in [2.24, 2.45) is 5.73 Å². The Morgan fingerprint density at radius 1 is 0.786 bits per heavy atom. The Bertz CT molecular complexity index is 2420. The third-order valence-corrected chi connectivity index (χ3v) is 11.3. The highest BCUT2D eigenvalue weighted by Gasteiger charge is 2.39. The van der Waals surface area contributed by atoms with Crippen LogP contribution in [0.25, 0.3) is 32.7 Å². The normalized spacial score (nSPS) is 18.6. The number of nitrogens with two attached hydrogens (primary N) is 1. The SMILES string of the molecule is N[C@@H](Cc1cn(C(=O)[C@@H]2CCCN2)c2ccccc12)C(=O)N[C@@H](Cc1c[nH]c2ccccc12)C(=O)N1CCC[C@H]1C(=O)N[C@H](C=O)Cc1c[nH]c2ccccc12. The Kier molecular flexibility index (Phi) is 10.5. The molecule has 2 aliphatic rings. The van der Waals surface area contributed by atoms with Crippen molar-refractivity contribution in [2.45, 2.75) is 75.2 Å². The zero-order valence-corrected chi connectivity index (χ0v) is 31.0. The Balaban J connectivity index is 1.01. The van der Waals surface area contributed by atoms with Crippen molar-refractivity contribution in [3.8, 4) is 0 Å². The molecule has 0 unspecified atom stereocenters. The number of hydrogen-bond acceptors (Lipinski definition) is 7. The van der Waals surface area contributed by atoms with Crippen molar-refractivity contribution in [1.82, 2.24) is 35.4 Å². The molecule has 2 aliphatic heterocycles. The van der Waals surface area contributed by atoms with E-state index < -0.39 is 41.9 Å². The molecule has 288 valence electrons. The number of rotatable bonds is 13. The Labute approximate surface area is 323 Å². The highest BCUT2D eigenvalue weighted by Crippen LogP contribution is 2.26. The molecule has 3 aromatic heterocycles. The zero-order chi connectivity index (χ0) is 38.8. The molecule has 0 spiro atoms. The number of carbonyl (C=O) groups excluding carboxylic acids is 5. The first-order valence-corrected chi connectivity index (χ1v) is 19.4. The molecule has 0 saturated carbocycles. The topological polar surface area (TPSA) is 187 Å². The van der Waals surface area contributed by atoms with Crippen molar-refractivity contribution >= 4 is 62.6 Å². The summed E-state index contributed by atoms with van der Waals surface area (Å²) >= 11 is 0. The summed E-state index contributed by atoms with van der Waals surface area (Å²) in [5, 5.41) is 11.8. The number of benzene rings is 3. The lowest BCUT2D eigenvalue weighted by molar-refractivity contribution is -0.141. The van der Waals surface area contributed by atoms with Gasteiger partial charge >= 0.3 is 0 Å². The Hall–Kier alpha value is -6.05. The zero-order valence-electron chi connectivity index (χ0n) is 31.0. The lowest BCUT2D eigenvalue weighted by Gasteiger charge is -2.30. The Morgan fingerprint density at radius 3 is 2.12 bits per heavy atom. The summed E-state index contributed by atoms with van der Waals surface area (Å²) in [6.07, 6.45) is 9.45. The van der Waals surface area contributed by atoms with E-state index in [-0.39, 0.29) is 24.8 Å². The summed E-state index contributed by atoms with van der Waals surface area (Å²) in [4.78, 5) is 76.0. The minimum absolute atomic E-state index is 0.0472. The van der Waals surface area contributed by atoms with Crippen molar-refractivity contribution in [2.75, 3.05) is 13.1 Å². The molecule has 2 saturated heterocycles. The van der Waals surface area contributed by atoms with Crippen LogP contribution in [0.2, 0.25) is 0 Å². The fourth-order valence-electron chi connectivity index (χ4n) is 8.44. The minimum atomic E-state index is -1.04. The van der Waals surface area contributed by atoms with Gasteiger partial charge in [0, 0.05) is 65.2 Å². The second kappa shape index (κ2) is 16.0. The molecule has 7 N–H and O–H groups in total. The number of aldehydes is 1. The number of amides is 3. The lowest BCUT2D eigenvalue weighted by atomic mass is 10.0. The van der Waals surface area contributed by atoms with Crippen molar-refractivity contribution in [3.63, 3.8) is 0 Å². The van der Waals surface area contributed by atoms with Gasteiger partial charge in [0.2, 0.25) is 23.6 Å². The highest BCUT2D eigenvalue weighted by molar-refractivity contribution is 5.98. The summed E-state index contributed by atoms with van der Waals surface area (Å²) in [7, 11) is 0. The fraction of sp³-hybridized carbons (Fsp3) is 0.326. The number of para-hydroxylation sites is 3. The molecule has 6 aromatic rings. The van der Waals surface area contributed by atoms with Gasteiger partial charge in [0.1, 0.15) is 18.4 Å². The predicted molar refractivity (Wildman–Crippen MR) is 214 cm³/mol. The van der Waals surface area contributed by atoms with Gasteiger partial charge < -0.3 is 41.3 Å². The number of aromatic nitrogens is 3. The molecule has 2 fully saturated rings. The average Bonchev–Trinajstić information content (AvgIpc) is 4.08. The molecular weight excluding hydrogens is 709 g/mol. The number of H-pyrrole nitrogens is 2. The van der Waals surface area contributed by atoms with Crippen LogP contribution in [0.3, 0.4) is 0 Å². The van der Waals surface area contributed by atoms with E-state index in [1.807, 2.05) is 85.2 Å². The van der Waals surface area contributed by atoms with Crippen molar-refractivity contribution in [3.05, 3.63) is 108 Å². The van der Waals surface area contributed by atoms with E-state index in [9.17, 15) is 24.0 Å². The van der Waals surface area contributed by atoms with E-state index in [0.717, 1.165) is 75.1 Å². The monoisotopic (exact) mass is 754 g/mol. The van der Waals surface area contributed by atoms with Crippen LogP contribution in [0, 0.1) is 0 Å². The quantitative estimate of drug-likeness (QED) is 0.0974. The van der Waals surface area contributed by atoms with E-state index in [4.69, 9.17) is 5.73 Å². The third-order valence-electron chi connectivity index (χ3n) is 11.3. The second-order valence-electron chi connectivity index (χ2n) is 15.0. The van der Waals surface area contributed by atoms with E-state index in [1.54, 1.807) is 10.8 Å². The molecule has 13 nitrogen and oxygen atoms in total. The minimum Gasteiger partial charge on any atom is -0.361 e. The van der Waals surface area contributed by atoms with Gasteiger partial charge in [-0.15, -0.1) is 0 Å². The number of likely N-dealkylation sites (tertiary alicyclic amines) is 1. The molecule has 3 aromatic carbocycles. The predicted octanol–water partition coefficient (Wildman–Crippen LogP) is 3.51. The first kappa shape index (κ1) is 36.9. The number of hydrogen-bond donors (Lipinski definition) is 6. The van der Waals surface area contributed by atoms with Crippen LogP contribution < -0.4 is 21.7 Å². The number of fused-ring (bicyclic) bond motifs is 3. The van der Waals surface area contributed by atoms with Crippen LogP contribution in [-0.4, -0.2) is 92.6 Å². The third kappa shape index (κ3) is 7.35. The van der Waals surface area contributed by atoms with Crippen molar-refractivity contribution < 1.29 is 24.0 Å². The largest absolute Gasteiger partial charge is 0.361 e.